The van der Waals surface area contributed by atoms with Gasteiger partial charge < -0.3 is 4.90 Å². The average Bonchev–Trinajstić information content (AvgIpc) is 3.63. The highest BCUT2D eigenvalue weighted by Crippen LogP contribution is 2.56. The van der Waals surface area contributed by atoms with Crippen molar-refractivity contribution in [1.29, 1.82) is 0 Å². The van der Waals surface area contributed by atoms with Crippen molar-refractivity contribution in [3.05, 3.63) is 271 Å². The van der Waals surface area contributed by atoms with Gasteiger partial charge in [0.15, 0.2) is 0 Å². The third kappa shape index (κ3) is 6.03. The highest BCUT2D eigenvalue weighted by atomic mass is 15.1. The molecule has 1 heteroatoms. The molecule has 0 bridgehead atoms. The van der Waals surface area contributed by atoms with E-state index in [1.54, 1.807) is 0 Å². The second kappa shape index (κ2) is 14.9. The molecule has 1 nitrogen and oxygen atoms in total. The van der Waals surface area contributed by atoms with E-state index >= 15 is 0 Å². The Hall–Kier alpha value is -7.74. The Balaban J connectivity index is 0.949. The molecule has 0 atom stereocenters. The van der Waals surface area contributed by atoms with Crippen molar-refractivity contribution < 1.29 is 0 Å². The van der Waals surface area contributed by atoms with Gasteiger partial charge in [-0.1, -0.05) is 194 Å². The van der Waals surface area contributed by atoms with Gasteiger partial charge in [-0.25, -0.2) is 0 Å². The summed E-state index contributed by atoms with van der Waals surface area (Å²) in [5.74, 6) is 0. The van der Waals surface area contributed by atoms with E-state index in [1.807, 2.05) is 0 Å². The third-order valence-electron chi connectivity index (χ3n) is 12.3. The summed E-state index contributed by atoms with van der Waals surface area (Å²) in [4.78, 5) is 2.34. The maximum absolute atomic E-state index is 2.44. The van der Waals surface area contributed by atoms with E-state index in [0.29, 0.717) is 0 Å². The van der Waals surface area contributed by atoms with Crippen LogP contribution in [-0.2, 0) is 5.41 Å². The first-order chi connectivity index (χ1) is 29.7. The van der Waals surface area contributed by atoms with E-state index in [9.17, 15) is 0 Å². The minimum atomic E-state index is -0.432. The van der Waals surface area contributed by atoms with Crippen LogP contribution in [0.4, 0.5) is 17.1 Å². The van der Waals surface area contributed by atoms with Crippen molar-refractivity contribution in [2.45, 2.75) is 5.41 Å². The number of nitrogens with zero attached hydrogens (tertiary/aromatic N) is 1. The quantitative estimate of drug-likeness (QED) is 0.149. The molecule has 11 rings (SSSR count). The average molecular weight is 764 g/mol. The van der Waals surface area contributed by atoms with Gasteiger partial charge in [0, 0.05) is 17.1 Å². The van der Waals surface area contributed by atoms with Crippen molar-refractivity contribution in [3.8, 4) is 44.5 Å². The number of hydrogen-bond acceptors (Lipinski definition) is 1. The highest BCUT2D eigenvalue weighted by Gasteiger charge is 2.46. The molecule has 0 spiro atoms. The fourth-order valence-electron chi connectivity index (χ4n) is 9.50. The summed E-state index contributed by atoms with van der Waals surface area (Å²) in [5, 5.41) is 2.51. The number of fused-ring (bicyclic) bond motifs is 4. The molecule has 0 saturated heterocycles. The van der Waals surface area contributed by atoms with Crippen LogP contribution in [-0.4, -0.2) is 0 Å². The Morgan fingerprint density at radius 1 is 0.250 bits per heavy atom. The van der Waals surface area contributed by atoms with Gasteiger partial charge in [0.1, 0.15) is 0 Å². The van der Waals surface area contributed by atoms with Gasteiger partial charge in [0.25, 0.3) is 0 Å². The Morgan fingerprint density at radius 2 is 0.700 bits per heavy atom. The van der Waals surface area contributed by atoms with Crippen molar-refractivity contribution in [3.63, 3.8) is 0 Å². The molecular weight excluding hydrogens is 723 g/mol. The molecule has 0 unspecified atom stereocenters. The number of anilines is 3. The van der Waals surface area contributed by atoms with Crippen LogP contribution in [0.1, 0.15) is 22.3 Å². The molecule has 0 aliphatic heterocycles. The zero-order valence-electron chi connectivity index (χ0n) is 33.1. The smallest absolute Gasteiger partial charge is 0.0713 e. The van der Waals surface area contributed by atoms with Crippen LogP contribution in [0.2, 0.25) is 0 Å². The molecule has 282 valence electrons. The molecule has 0 radical (unpaired) electrons. The van der Waals surface area contributed by atoms with Gasteiger partial charge in [-0.3, -0.25) is 0 Å². The molecule has 1 aliphatic carbocycles. The van der Waals surface area contributed by atoms with E-state index in [2.05, 4.69) is 254 Å². The first kappa shape index (κ1) is 35.4. The Morgan fingerprint density at radius 3 is 1.35 bits per heavy atom. The van der Waals surface area contributed by atoms with Crippen LogP contribution in [0.5, 0.6) is 0 Å². The molecule has 10 aromatic rings. The summed E-state index contributed by atoms with van der Waals surface area (Å²) in [6.45, 7) is 0. The van der Waals surface area contributed by atoms with Gasteiger partial charge >= 0.3 is 0 Å². The van der Waals surface area contributed by atoms with Crippen molar-refractivity contribution in [2.24, 2.45) is 0 Å². The number of benzene rings is 10. The first-order valence-corrected chi connectivity index (χ1v) is 20.7. The maximum Gasteiger partial charge on any atom is 0.0713 e. The molecule has 0 saturated carbocycles. The van der Waals surface area contributed by atoms with Gasteiger partial charge in [0.2, 0.25) is 0 Å². The van der Waals surface area contributed by atoms with E-state index in [1.165, 1.54) is 77.5 Å². The summed E-state index contributed by atoms with van der Waals surface area (Å²) in [6.07, 6.45) is 0. The number of rotatable bonds is 8. The number of para-hydroxylation sites is 1. The highest BCUT2D eigenvalue weighted by molar-refractivity contribution is 5.90. The lowest BCUT2D eigenvalue weighted by Gasteiger charge is -2.34. The maximum atomic E-state index is 2.44. The zero-order chi connectivity index (χ0) is 39.9. The lowest BCUT2D eigenvalue weighted by atomic mass is 9.67. The lowest BCUT2D eigenvalue weighted by molar-refractivity contribution is 0.769. The zero-order valence-corrected chi connectivity index (χ0v) is 33.1. The van der Waals surface area contributed by atoms with Gasteiger partial charge in [-0.05, 0) is 132 Å². The van der Waals surface area contributed by atoms with Crippen molar-refractivity contribution in [2.75, 3.05) is 4.90 Å². The molecule has 10 aromatic carbocycles. The fraction of sp³-hybridized carbons (Fsp3) is 0.0169. The topological polar surface area (TPSA) is 3.24 Å². The van der Waals surface area contributed by atoms with Crippen LogP contribution in [0.15, 0.2) is 249 Å². The van der Waals surface area contributed by atoms with E-state index < -0.39 is 5.41 Å². The first-order valence-electron chi connectivity index (χ1n) is 20.7. The minimum absolute atomic E-state index is 0.432. The van der Waals surface area contributed by atoms with Crippen molar-refractivity contribution >= 4 is 27.8 Å². The monoisotopic (exact) mass is 763 g/mol. The lowest BCUT2D eigenvalue weighted by Crippen LogP contribution is -2.28. The largest absolute Gasteiger partial charge is 0.311 e. The van der Waals surface area contributed by atoms with Gasteiger partial charge in [-0.2, -0.15) is 0 Å². The fourth-order valence-corrected chi connectivity index (χ4v) is 9.50. The molecule has 1 aliphatic rings. The summed E-state index contributed by atoms with van der Waals surface area (Å²) >= 11 is 0. The van der Waals surface area contributed by atoms with E-state index in [-0.39, 0.29) is 0 Å². The van der Waals surface area contributed by atoms with Crippen LogP contribution >= 0.6 is 0 Å². The minimum Gasteiger partial charge on any atom is -0.311 e. The molecule has 0 heterocycles. The SMILES string of the molecule is c1ccc(N(c2ccc(-c3cccc(-c4ccc5ccccc5c4)c3)cc2)c2ccc(-c3ccc4c(c3)C(c3ccccc3)(c3ccccc3)c3ccccc3-4)cc2)cc1. The van der Waals surface area contributed by atoms with E-state index in [4.69, 9.17) is 0 Å². The van der Waals surface area contributed by atoms with Gasteiger partial charge in [0.05, 0.1) is 5.41 Å². The molecule has 0 N–H and O–H groups in total. The van der Waals surface area contributed by atoms with Crippen LogP contribution in [0, 0.1) is 0 Å². The third-order valence-corrected chi connectivity index (χ3v) is 12.3. The van der Waals surface area contributed by atoms with Crippen molar-refractivity contribution in [1.82, 2.24) is 0 Å². The van der Waals surface area contributed by atoms with E-state index in [0.717, 1.165) is 17.1 Å². The Labute approximate surface area is 352 Å². The molecule has 0 fully saturated rings. The Bertz CT molecular complexity index is 3070. The molecule has 60 heavy (non-hydrogen) atoms. The molecule has 0 amide bonds. The predicted octanol–water partition coefficient (Wildman–Crippen LogP) is 15.7. The van der Waals surface area contributed by atoms with Crippen LogP contribution in [0.3, 0.4) is 0 Å². The number of hydrogen-bond donors (Lipinski definition) is 0. The summed E-state index contributed by atoms with van der Waals surface area (Å²) in [5.41, 5.74) is 17.9. The normalized spacial score (nSPS) is 12.5. The molecular formula is C59H41N. The van der Waals surface area contributed by atoms with Crippen LogP contribution in [0.25, 0.3) is 55.3 Å². The molecule has 0 aromatic heterocycles. The second-order valence-electron chi connectivity index (χ2n) is 15.7. The summed E-state index contributed by atoms with van der Waals surface area (Å²) in [6, 6.07) is 90.9. The summed E-state index contributed by atoms with van der Waals surface area (Å²) < 4.78 is 0. The summed E-state index contributed by atoms with van der Waals surface area (Å²) in [7, 11) is 0. The van der Waals surface area contributed by atoms with Gasteiger partial charge in [-0.15, -0.1) is 0 Å². The van der Waals surface area contributed by atoms with Crippen LogP contribution < -0.4 is 4.90 Å². The predicted molar refractivity (Wildman–Crippen MR) is 252 cm³/mol. The standard InChI is InChI=1S/C59H41N/c1-4-19-50(20-5-1)59(51-21-6-2-7-22-51)57-26-13-12-25-55(57)56-38-33-49(41-58(56)59)44-31-36-54(37-32-44)60(52-23-8-3-9-24-52)53-34-29-43(30-35-53)46-17-14-18-47(39-46)48-28-27-42-15-10-11-16-45(42)40-48/h1-41H. The second-order valence-corrected chi connectivity index (χ2v) is 15.7. The Kier molecular flexibility index (Phi) is 8.79.